The molecule has 0 amide bonds. The number of aromatic nitrogens is 3. The molecule has 6 heteroatoms. The van der Waals surface area contributed by atoms with Gasteiger partial charge in [0.2, 0.25) is 0 Å². The number of aliphatic hydroxyl groups excluding tert-OH is 1. The third-order valence-electron chi connectivity index (χ3n) is 2.83. The van der Waals surface area contributed by atoms with E-state index in [0.717, 1.165) is 18.0 Å². The highest BCUT2D eigenvalue weighted by atomic mass is 16.3. The molecule has 98 valence electrons. The molecule has 0 aromatic carbocycles. The molecule has 0 aliphatic heterocycles. The predicted molar refractivity (Wildman–Crippen MR) is 71.6 cm³/mol. The lowest BCUT2D eigenvalue weighted by Gasteiger charge is -2.28. The molecule has 0 spiro atoms. The van der Waals surface area contributed by atoms with Crippen molar-refractivity contribution in [2.45, 2.75) is 26.3 Å². The minimum absolute atomic E-state index is 0.163. The molecule has 0 saturated carbocycles. The van der Waals surface area contributed by atoms with Crippen LogP contribution in [0, 0.1) is 0 Å². The van der Waals surface area contributed by atoms with Crippen molar-refractivity contribution >= 4 is 17.3 Å². The fourth-order valence-corrected chi connectivity index (χ4v) is 1.98. The van der Waals surface area contributed by atoms with Crippen LogP contribution >= 0.6 is 0 Å². The molecule has 0 atom stereocenters. The van der Waals surface area contributed by atoms with E-state index in [2.05, 4.69) is 28.7 Å². The lowest BCUT2D eigenvalue weighted by atomic mass is 10.3. The van der Waals surface area contributed by atoms with Gasteiger partial charge in [-0.25, -0.2) is 9.97 Å². The summed E-state index contributed by atoms with van der Waals surface area (Å²) in [7, 11) is 0. The van der Waals surface area contributed by atoms with E-state index in [1.54, 1.807) is 12.4 Å². The van der Waals surface area contributed by atoms with Gasteiger partial charge in [-0.3, -0.25) is 0 Å². The van der Waals surface area contributed by atoms with Crippen LogP contribution in [0.3, 0.4) is 0 Å². The maximum absolute atomic E-state index is 8.98. The average Bonchev–Trinajstić information content (AvgIpc) is 2.76. The Kier molecular flexibility index (Phi) is 3.66. The summed E-state index contributed by atoms with van der Waals surface area (Å²) in [5.74, 6) is 1.23. The number of rotatable bonds is 5. The minimum atomic E-state index is 0.163. The molecule has 0 aliphatic rings. The topological polar surface area (TPSA) is 79.7 Å². The molecular formula is C12H19N5O. The van der Waals surface area contributed by atoms with Gasteiger partial charge in [-0.15, -0.1) is 0 Å². The van der Waals surface area contributed by atoms with Crippen molar-refractivity contribution in [3.63, 3.8) is 0 Å². The fourth-order valence-electron chi connectivity index (χ4n) is 1.98. The van der Waals surface area contributed by atoms with E-state index in [9.17, 15) is 0 Å². The number of nitrogen functional groups attached to an aromatic ring is 1. The lowest BCUT2D eigenvalue weighted by Crippen LogP contribution is -2.33. The molecule has 0 radical (unpaired) electrons. The summed E-state index contributed by atoms with van der Waals surface area (Å²) in [5.41, 5.74) is 6.60. The van der Waals surface area contributed by atoms with Crippen LogP contribution in [0.4, 0.5) is 11.6 Å². The van der Waals surface area contributed by atoms with E-state index in [1.807, 2.05) is 10.6 Å². The second-order valence-corrected chi connectivity index (χ2v) is 4.51. The largest absolute Gasteiger partial charge is 0.396 e. The number of fused-ring (bicyclic) bond motifs is 1. The van der Waals surface area contributed by atoms with Crippen molar-refractivity contribution in [3.05, 3.63) is 18.6 Å². The van der Waals surface area contributed by atoms with Gasteiger partial charge in [-0.1, -0.05) is 0 Å². The Balaban J connectivity index is 2.45. The van der Waals surface area contributed by atoms with Crippen LogP contribution in [-0.4, -0.2) is 38.7 Å². The molecule has 6 nitrogen and oxygen atoms in total. The second kappa shape index (κ2) is 5.22. The first kappa shape index (κ1) is 12.6. The Bertz CT molecular complexity index is 522. The molecule has 0 bridgehead atoms. The van der Waals surface area contributed by atoms with Crippen molar-refractivity contribution in [3.8, 4) is 0 Å². The summed E-state index contributed by atoms with van der Waals surface area (Å²) in [6.45, 7) is 5.06. The fraction of sp³-hybridized carbons (Fsp3) is 0.500. The van der Waals surface area contributed by atoms with Crippen LogP contribution in [0.1, 0.15) is 20.3 Å². The zero-order valence-electron chi connectivity index (χ0n) is 10.7. The molecular weight excluding hydrogens is 230 g/mol. The van der Waals surface area contributed by atoms with E-state index in [0.29, 0.717) is 12.2 Å². The molecule has 0 unspecified atom stereocenters. The molecule has 2 heterocycles. The van der Waals surface area contributed by atoms with Crippen LogP contribution < -0.4 is 10.6 Å². The minimum Gasteiger partial charge on any atom is -0.396 e. The number of hydrogen-bond acceptors (Lipinski definition) is 5. The van der Waals surface area contributed by atoms with Crippen molar-refractivity contribution < 1.29 is 5.11 Å². The zero-order valence-corrected chi connectivity index (χ0v) is 10.7. The van der Waals surface area contributed by atoms with Gasteiger partial charge < -0.3 is 20.1 Å². The number of aliphatic hydroxyl groups is 1. The van der Waals surface area contributed by atoms with Crippen molar-refractivity contribution in [1.29, 1.82) is 0 Å². The normalized spacial score (nSPS) is 11.3. The lowest BCUT2D eigenvalue weighted by molar-refractivity contribution is 0.288. The SMILES string of the molecule is CC(C)N(CCCO)c1nc(N)cn2ccnc12. The summed E-state index contributed by atoms with van der Waals surface area (Å²) in [6, 6.07) is 0.270. The first-order valence-corrected chi connectivity index (χ1v) is 6.10. The van der Waals surface area contributed by atoms with Crippen molar-refractivity contribution in [1.82, 2.24) is 14.4 Å². The standard InChI is InChI=1S/C12H19N5O/c1-9(2)17(5-3-7-18)12-11-14-4-6-16(11)8-10(13)15-12/h4,6,8-9,18H,3,5,7,13H2,1-2H3. The van der Waals surface area contributed by atoms with Gasteiger partial charge in [-0.2, -0.15) is 0 Å². The van der Waals surface area contributed by atoms with Gasteiger partial charge >= 0.3 is 0 Å². The Morgan fingerprint density at radius 2 is 2.28 bits per heavy atom. The Labute approximate surface area is 106 Å². The molecule has 2 aromatic rings. The molecule has 2 rings (SSSR count). The van der Waals surface area contributed by atoms with Gasteiger partial charge in [0.05, 0.1) is 6.20 Å². The van der Waals surface area contributed by atoms with Crippen LogP contribution in [0.15, 0.2) is 18.6 Å². The Morgan fingerprint density at radius 3 is 2.94 bits per heavy atom. The Morgan fingerprint density at radius 1 is 1.50 bits per heavy atom. The van der Waals surface area contributed by atoms with Gasteiger partial charge in [0.25, 0.3) is 0 Å². The van der Waals surface area contributed by atoms with Crippen LogP contribution in [0.5, 0.6) is 0 Å². The molecule has 2 aromatic heterocycles. The van der Waals surface area contributed by atoms with Gasteiger partial charge in [-0.05, 0) is 20.3 Å². The number of nitrogens with zero attached hydrogens (tertiary/aromatic N) is 4. The molecule has 3 N–H and O–H groups in total. The quantitative estimate of drug-likeness (QED) is 0.823. The van der Waals surface area contributed by atoms with Gasteiger partial charge in [0.1, 0.15) is 5.82 Å². The number of imidazole rings is 1. The first-order valence-electron chi connectivity index (χ1n) is 6.10. The smallest absolute Gasteiger partial charge is 0.180 e. The highest BCUT2D eigenvalue weighted by Gasteiger charge is 2.16. The van der Waals surface area contributed by atoms with E-state index >= 15 is 0 Å². The Hall–Kier alpha value is -1.82. The van der Waals surface area contributed by atoms with Crippen molar-refractivity contribution in [2.24, 2.45) is 0 Å². The monoisotopic (exact) mass is 249 g/mol. The summed E-state index contributed by atoms with van der Waals surface area (Å²) < 4.78 is 1.87. The number of anilines is 2. The first-order chi connectivity index (χ1) is 8.63. The van der Waals surface area contributed by atoms with Crippen LogP contribution in [0.2, 0.25) is 0 Å². The van der Waals surface area contributed by atoms with E-state index in [-0.39, 0.29) is 12.6 Å². The van der Waals surface area contributed by atoms with Crippen LogP contribution in [-0.2, 0) is 0 Å². The van der Waals surface area contributed by atoms with Crippen LogP contribution in [0.25, 0.3) is 5.65 Å². The molecule has 18 heavy (non-hydrogen) atoms. The zero-order chi connectivity index (χ0) is 13.1. The van der Waals surface area contributed by atoms with Gasteiger partial charge in [0, 0.05) is 31.6 Å². The van der Waals surface area contributed by atoms with E-state index in [4.69, 9.17) is 10.8 Å². The molecule has 0 aliphatic carbocycles. The maximum atomic E-state index is 8.98. The summed E-state index contributed by atoms with van der Waals surface area (Å²) in [6.07, 6.45) is 6.02. The van der Waals surface area contributed by atoms with Gasteiger partial charge in [0.15, 0.2) is 11.5 Å². The van der Waals surface area contributed by atoms with E-state index in [1.165, 1.54) is 0 Å². The number of nitrogens with two attached hydrogens (primary N) is 1. The highest BCUT2D eigenvalue weighted by Crippen LogP contribution is 2.21. The van der Waals surface area contributed by atoms with E-state index < -0.39 is 0 Å². The summed E-state index contributed by atoms with van der Waals surface area (Å²) >= 11 is 0. The predicted octanol–water partition coefficient (Wildman–Crippen LogP) is 0.909. The molecule has 0 saturated heterocycles. The highest BCUT2D eigenvalue weighted by molar-refractivity contribution is 5.66. The summed E-state index contributed by atoms with van der Waals surface area (Å²) in [4.78, 5) is 10.8. The third-order valence-corrected chi connectivity index (χ3v) is 2.83. The summed E-state index contributed by atoms with van der Waals surface area (Å²) in [5, 5.41) is 8.98. The number of hydrogen-bond donors (Lipinski definition) is 2. The average molecular weight is 249 g/mol. The molecule has 0 fully saturated rings. The third kappa shape index (κ3) is 2.38. The second-order valence-electron chi connectivity index (χ2n) is 4.51. The maximum Gasteiger partial charge on any atom is 0.180 e. The van der Waals surface area contributed by atoms with Crippen molar-refractivity contribution in [2.75, 3.05) is 23.8 Å².